The molecule has 6 atom stereocenters. The summed E-state index contributed by atoms with van der Waals surface area (Å²) in [6.45, 7) is 4.84. The van der Waals surface area contributed by atoms with E-state index < -0.39 is 23.8 Å². The molecule has 9 rings (SSSR count). The van der Waals surface area contributed by atoms with Gasteiger partial charge >= 0.3 is 6.09 Å². The summed E-state index contributed by atoms with van der Waals surface area (Å²) in [6.07, 6.45) is 8.18. The zero-order valence-electron chi connectivity index (χ0n) is 38.5. The Labute approximate surface area is 398 Å². The summed E-state index contributed by atoms with van der Waals surface area (Å²) >= 11 is 0. The van der Waals surface area contributed by atoms with E-state index in [1.54, 1.807) is 11.0 Å². The maximum Gasteiger partial charge on any atom is 0.410 e. The van der Waals surface area contributed by atoms with E-state index in [0.717, 1.165) is 59.1 Å². The van der Waals surface area contributed by atoms with Gasteiger partial charge in [-0.3, -0.25) is 4.90 Å². The van der Waals surface area contributed by atoms with Crippen molar-refractivity contribution in [3.05, 3.63) is 162 Å². The van der Waals surface area contributed by atoms with Crippen LogP contribution in [0.2, 0.25) is 0 Å². The van der Waals surface area contributed by atoms with Crippen molar-refractivity contribution >= 4 is 11.8 Å². The highest BCUT2D eigenvalue weighted by molar-refractivity contribution is 6.03. The first-order valence-corrected chi connectivity index (χ1v) is 23.7. The number of nitrogens with zero attached hydrogens (tertiary/aromatic N) is 2. The molecule has 0 bridgehead atoms. The van der Waals surface area contributed by atoms with E-state index in [1.807, 2.05) is 91.0 Å². The number of oxime groups is 1. The van der Waals surface area contributed by atoms with E-state index in [0.29, 0.717) is 47.3 Å². The molecule has 5 aromatic carbocycles. The molecule has 354 valence electrons. The molecule has 0 spiro atoms. The number of hydrogen-bond acceptors (Lipinski definition) is 11. The van der Waals surface area contributed by atoms with E-state index >= 15 is 0 Å². The predicted molar refractivity (Wildman–Crippen MR) is 259 cm³/mol. The third-order valence-electron chi connectivity index (χ3n) is 13.7. The van der Waals surface area contributed by atoms with Crippen LogP contribution in [0.3, 0.4) is 0 Å². The van der Waals surface area contributed by atoms with Gasteiger partial charge in [-0.05, 0) is 108 Å². The van der Waals surface area contributed by atoms with Crippen LogP contribution in [0.5, 0.6) is 28.7 Å². The van der Waals surface area contributed by atoms with Crippen molar-refractivity contribution in [1.29, 1.82) is 0 Å². The lowest BCUT2D eigenvalue weighted by atomic mass is 9.55. The van der Waals surface area contributed by atoms with Gasteiger partial charge in [-0.25, -0.2) is 4.79 Å². The topological polar surface area (TPSA) is 138 Å². The molecule has 6 unspecified atom stereocenters. The van der Waals surface area contributed by atoms with Crippen molar-refractivity contribution in [3.63, 3.8) is 0 Å². The summed E-state index contributed by atoms with van der Waals surface area (Å²) in [5, 5.41) is 25.0. The van der Waals surface area contributed by atoms with Gasteiger partial charge in [0.2, 0.25) is 12.6 Å². The van der Waals surface area contributed by atoms with Crippen LogP contribution in [-0.2, 0) is 27.5 Å². The monoisotopic (exact) mass is 920 g/mol. The van der Waals surface area contributed by atoms with Gasteiger partial charge in [0.15, 0.2) is 11.5 Å². The van der Waals surface area contributed by atoms with Gasteiger partial charge in [-0.15, -0.1) is 6.58 Å². The van der Waals surface area contributed by atoms with E-state index in [-0.39, 0.29) is 63.9 Å². The lowest BCUT2D eigenvalue weighted by Gasteiger charge is -2.59. The number of amides is 1. The third-order valence-corrected chi connectivity index (χ3v) is 13.7. The normalized spacial score (nSPS) is 22.5. The lowest BCUT2D eigenvalue weighted by molar-refractivity contribution is -0.256. The first-order chi connectivity index (χ1) is 33.4. The largest absolute Gasteiger partial charge is 0.459 e. The number of benzene rings is 5. The summed E-state index contributed by atoms with van der Waals surface area (Å²) in [6, 6.07) is 39.0. The fourth-order valence-corrected chi connectivity index (χ4v) is 10.6. The highest BCUT2D eigenvalue weighted by atomic mass is 16.7. The van der Waals surface area contributed by atoms with Crippen molar-refractivity contribution in [2.24, 2.45) is 22.9 Å². The number of methoxy groups -OCH3 is 1. The molecule has 12 nitrogen and oxygen atoms in total. The molecule has 1 saturated carbocycles. The second-order valence-electron chi connectivity index (χ2n) is 17.8. The second-order valence-corrected chi connectivity index (χ2v) is 17.8. The van der Waals surface area contributed by atoms with Crippen molar-refractivity contribution in [2.45, 2.75) is 75.8 Å². The standard InChI is InChI=1S/C56H60N2O10/c1-3-30-65-56-52(58(55(61)62-2)35-39-20-26-50-51(31-39)64-37-63-50)34-48(57-66-36-38-14-6-4-7-15-38)46-32-42(18-10-12-28-59)45(19-11-13-29-60)53(54(46)56)47-33-44(25-27-49(47)68-56)67-43-23-21-41(22-24-43)40-16-8-5-9-17-40/h3-9,14-17,20-27,31-33,42,45,52-54,59-60H,1,10-13,18-19,28-30,34-37H2,2H3. The fourth-order valence-electron chi connectivity index (χ4n) is 10.6. The summed E-state index contributed by atoms with van der Waals surface area (Å²) in [7, 11) is 1.38. The zero-order valence-corrected chi connectivity index (χ0v) is 38.5. The van der Waals surface area contributed by atoms with Gasteiger partial charge in [0.05, 0.1) is 25.3 Å². The molecule has 0 radical (unpaired) electrons. The highest BCUT2D eigenvalue weighted by Gasteiger charge is 2.65. The van der Waals surface area contributed by atoms with Gasteiger partial charge < -0.3 is 43.5 Å². The molecule has 2 N–H and O–H groups in total. The summed E-state index contributed by atoms with van der Waals surface area (Å²) in [5.41, 5.74) is 6.52. The van der Waals surface area contributed by atoms with Gasteiger partial charge in [-0.2, -0.15) is 0 Å². The van der Waals surface area contributed by atoms with Crippen molar-refractivity contribution in [2.75, 3.05) is 33.7 Å². The Morgan fingerprint density at radius 2 is 1.51 bits per heavy atom. The maximum absolute atomic E-state index is 14.5. The molecule has 2 heterocycles. The summed E-state index contributed by atoms with van der Waals surface area (Å²) in [5.74, 6) is 0.988. The smallest absolute Gasteiger partial charge is 0.410 e. The van der Waals surface area contributed by atoms with E-state index in [2.05, 4.69) is 43.0 Å². The zero-order chi connectivity index (χ0) is 46.9. The van der Waals surface area contributed by atoms with Gasteiger partial charge in [-0.1, -0.05) is 109 Å². The molecule has 4 aliphatic rings. The van der Waals surface area contributed by atoms with Crippen LogP contribution >= 0.6 is 0 Å². The summed E-state index contributed by atoms with van der Waals surface area (Å²) < 4.78 is 38.2. The number of aliphatic hydroxyl groups excluding tert-OH is 2. The quantitative estimate of drug-likeness (QED) is 0.0441. The number of fused-ring (bicyclic) bond motifs is 3. The van der Waals surface area contributed by atoms with Crippen molar-refractivity contribution < 1.29 is 48.3 Å². The van der Waals surface area contributed by atoms with E-state index in [4.69, 9.17) is 38.4 Å². The van der Waals surface area contributed by atoms with Crippen molar-refractivity contribution in [3.8, 4) is 39.9 Å². The van der Waals surface area contributed by atoms with Crippen molar-refractivity contribution in [1.82, 2.24) is 4.90 Å². The second kappa shape index (κ2) is 21.6. The minimum atomic E-state index is -1.48. The Morgan fingerprint density at radius 1 is 0.809 bits per heavy atom. The van der Waals surface area contributed by atoms with Crippen LogP contribution in [0.4, 0.5) is 4.79 Å². The first-order valence-electron chi connectivity index (χ1n) is 23.7. The van der Waals surface area contributed by atoms with Gasteiger partial charge in [0.25, 0.3) is 0 Å². The maximum atomic E-state index is 14.5. The molecule has 2 aliphatic carbocycles. The third kappa shape index (κ3) is 9.85. The Morgan fingerprint density at radius 3 is 2.26 bits per heavy atom. The van der Waals surface area contributed by atoms with Crippen LogP contribution in [0.1, 0.15) is 67.6 Å². The van der Waals surface area contributed by atoms with E-state index in [1.165, 1.54) is 7.11 Å². The minimum Gasteiger partial charge on any atom is -0.459 e. The number of rotatable bonds is 20. The fraction of sp³-hybridized carbons (Fsp3) is 0.357. The predicted octanol–water partition coefficient (Wildman–Crippen LogP) is 11.0. The van der Waals surface area contributed by atoms with E-state index in [9.17, 15) is 15.0 Å². The highest BCUT2D eigenvalue weighted by Crippen LogP contribution is 2.62. The van der Waals surface area contributed by atoms with Crippen LogP contribution in [0.15, 0.2) is 151 Å². The number of carbonyl (C=O) groups excluding carboxylic acids is 1. The average Bonchev–Trinajstić information content (AvgIpc) is 3.85. The number of hydrogen-bond donors (Lipinski definition) is 2. The molecular formula is C56H60N2O10. The number of allylic oxidation sites excluding steroid dienone is 1. The molecule has 5 aromatic rings. The summed E-state index contributed by atoms with van der Waals surface area (Å²) in [4.78, 5) is 22.4. The number of carbonyl (C=O) groups is 1. The van der Waals surface area contributed by atoms with Gasteiger partial charge in [0.1, 0.15) is 29.9 Å². The molecule has 68 heavy (non-hydrogen) atoms. The molecule has 12 heteroatoms. The Bertz CT molecular complexity index is 2570. The average molecular weight is 921 g/mol. The molecule has 1 fully saturated rings. The lowest BCUT2D eigenvalue weighted by Crippen LogP contribution is -2.70. The SMILES string of the molecule is C=CCOC12Oc3ccc(Oc4ccc(-c5ccccc5)cc4)cc3C3C(CCCCO)C(CCCCO)C=C(C(=NOCc4ccccc4)CC1N(Cc1ccc4c(c1)OCO4)C(=O)OC)C32. The van der Waals surface area contributed by atoms with Crippen LogP contribution in [0, 0.1) is 17.8 Å². The van der Waals surface area contributed by atoms with Gasteiger partial charge in [0, 0.05) is 37.7 Å². The van der Waals surface area contributed by atoms with Crippen LogP contribution in [-0.4, -0.2) is 72.5 Å². The number of unbranched alkanes of at least 4 members (excludes halogenated alkanes) is 2. The molecule has 1 amide bonds. The molecule has 0 aromatic heterocycles. The minimum absolute atomic E-state index is 0.0226. The number of ether oxygens (including phenoxy) is 6. The molecule has 2 aliphatic heterocycles. The molecule has 0 saturated heterocycles. The molecular weight excluding hydrogens is 861 g/mol. The number of aliphatic hydroxyl groups is 2. The first kappa shape index (κ1) is 46.5. The Balaban J connectivity index is 1.20. The van der Waals surface area contributed by atoms with Crippen LogP contribution in [0.25, 0.3) is 11.1 Å². The Kier molecular flexibility index (Phi) is 14.8. The van der Waals surface area contributed by atoms with Crippen LogP contribution < -0.4 is 18.9 Å². The Hall–Kier alpha value is -6.60.